The van der Waals surface area contributed by atoms with Gasteiger partial charge >= 0.3 is 0 Å². The molecule has 0 aromatic heterocycles. The predicted octanol–water partition coefficient (Wildman–Crippen LogP) is 2.25. The van der Waals surface area contributed by atoms with Crippen LogP contribution in [0.25, 0.3) is 0 Å². The van der Waals surface area contributed by atoms with E-state index in [1.807, 2.05) is 20.8 Å². The number of benzene rings is 1. The minimum Gasteiger partial charge on any atom is -0.486 e. The number of hydrogen-bond acceptors (Lipinski definition) is 3. The number of aliphatic hydroxyl groups excluding tert-OH is 1. The molecule has 0 saturated carbocycles. The van der Waals surface area contributed by atoms with Crippen LogP contribution in [0.15, 0.2) is 18.2 Å². The number of rotatable bonds is 4. The van der Waals surface area contributed by atoms with Crippen molar-refractivity contribution in [3.05, 3.63) is 29.6 Å². The van der Waals surface area contributed by atoms with Crippen molar-refractivity contribution >= 4 is 0 Å². The Hall–Kier alpha value is -1.13. The van der Waals surface area contributed by atoms with Crippen molar-refractivity contribution in [3.63, 3.8) is 0 Å². The average molecular weight is 255 g/mol. The highest BCUT2D eigenvalue weighted by Crippen LogP contribution is 2.25. The second-order valence-electron chi connectivity index (χ2n) is 5.64. The minimum atomic E-state index is -0.505. The monoisotopic (exact) mass is 255 g/mol. The van der Waals surface area contributed by atoms with Gasteiger partial charge in [-0.25, -0.2) is 4.39 Å². The Labute approximate surface area is 108 Å². The van der Waals surface area contributed by atoms with E-state index >= 15 is 0 Å². The minimum absolute atomic E-state index is 0.171. The smallest absolute Gasteiger partial charge is 0.137 e. The first kappa shape index (κ1) is 14.9. The van der Waals surface area contributed by atoms with Gasteiger partial charge in [0.05, 0.1) is 6.61 Å². The van der Waals surface area contributed by atoms with Gasteiger partial charge in [-0.1, -0.05) is 20.8 Å². The van der Waals surface area contributed by atoms with Gasteiger partial charge in [-0.05, 0) is 36.1 Å². The lowest BCUT2D eigenvalue weighted by Gasteiger charge is -2.33. The highest BCUT2D eigenvalue weighted by Gasteiger charge is 2.30. The second kappa shape index (κ2) is 5.67. The van der Waals surface area contributed by atoms with Gasteiger partial charge in [0.2, 0.25) is 0 Å². The van der Waals surface area contributed by atoms with Crippen molar-refractivity contribution in [1.29, 1.82) is 0 Å². The van der Waals surface area contributed by atoms with Crippen LogP contribution in [-0.4, -0.2) is 23.9 Å². The third-order valence-electron chi connectivity index (χ3n) is 3.00. The Balaban J connectivity index is 2.86. The lowest BCUT2D eigenvalue weighted by molar-refractivity contribution is 0.0586. The van der Waals surface area contributed by atoms with Gasteiger partial charge in [0.1, 0.15) is 17.7 Å². The Morgan fingerprint density at radius 1 is 1.39 bits per heavy atom. The van der Waals surface area contributed by atoms with Crippen molar-refractivity contribution in [2.75, 3.05) is 6.61 Å². The molecule has 2 unspecified atom stereocenters. The fraction of sp³-hybridized carbons (Fsp3) is 0.571. The molecule has 0 aliphatic heterocycles. The first-order valence-corrected chi connectivity index (χ1v) is 6.05. The maximum absolute atomic E-state index is 13.0. The average Bonchev–Trinajstić information content (AvgIpc) is 2.26. The van der Waals surface area contributed by atoms with Crippen molar-refractivity contribution in [2.24, 2.45) is 11.1 Å². The Morgan fingerprint density at radius 2 is 2.00 bits per heavy atom. The molecule has 2 atom stereocenters. The van der Waals surface area contributed by atoms with Crippen molar-refractivity contribution in [3.8, 4) is 5.75 Å². The first-order chi connectivity index (χ1) is 8.25. The van der Waals surface area contributed by atoms with Gasteiger partial charge in [0, 0.05) is 6.04 Å². The van der Waals surface area contributed by atoms with E-state index in [0.29, 0.717) is 11.3 Å². The van der Waals surface area contributed by atoms with Crippen LogP contribution in [0.1, 0.15) is 26.3 Å². The number of aliphatic hydroxyl groups is 1. The molecule has 0 heterocycles. The second-order valence-corrected chi connectivity index (χ2v) is 5.64. The molecule has 1 aromatic rings. The number of halogens is 1. The zero-order chi connectivity index (χ0) is 13.9. The van der Waals surface area contributed by atoms with Crippen LogP contribution in [0.4, 0.5) is 4.39 Å². The molecule has 1 rings (SSSR count). The molecular formula is C14H22FNO2. The Bertz CT molecular complexity index is 401. The van der Waals surface area contributed by atoms with Crippen LogP contribution in [0.3, 0.4) is 0 Å². The van der Waals surface area contributed by atoms with E-state index in [9.17, 15) is 9.50 Å². The quantitative estimate of drug-likeness (QED) is 0.867. The maximum Gasteiger partial charge on any atom is 0.137 e. The van der Waals surface area contributed by atoms with Crippen LogP contribution >= 0.6 is 0 Å². The molecule has 0 bridgehead atoms. The van der Waals surface area contributed by atoms with Gasteiger partial charge in [0.25, 0.3) is 0 Å². The molecule has 0 amide bonds. The molecule has 0 aliphatic carbocycles. The molecule has 0 spiro atoms. The lowest BCUT2D eigenvalue weighted by atomic mass is 9.84. The molecule has 0 fully saturated rings. The Kier molecular flexibility index (Phi) is 4.71. The maximum atomic E-state index is 13.0. The van der Waals surface area contributed by atoms with Gasteiger partial charge in [-0.3, -0.25) is 0 Å². The standard InChI is InChI=1S/C14H22FNO2/c1-9-7-10(15)5-6-11(9)18-12(8-17)13(16)14(2,3)4/h5-7,12-13,17H,8,16H2,1-4H3. The molecule has 3 nitrogen and oxygen atoms in total. The summed E-state index contributed by atoms with van der Waals surface area (Å²) < 4.78 is 18.7. The van der Waals surface area contributed by atoms with E-state index < -0.39 is 6.10 Å². The number of ether oxygens (including phenoxy) is 1. The third kappa shape index (κ3) is 3.68. The predicted molar refractivity (Wildman–Crippen MR) is 70.1 cm³/mol. The summed E-state index contributed by atoms with van der Waals surface area (Å²) in [6, 6.07) is 3.97. The number of aryl methyl sites for hydroxylation is 1. The van der Waals surface area contributed by atoms with Gasteiger partial charge < -0.3 is 15.6 Å². The summed E-state index contributed by atoms with van der Waals surface area (Å²) in [5, 5.41) is 9.39. The van der Waals surface area contributed by atoms with Gasteiger partial charge in [-0.2, -0.15) is 0 Å². The highest BCUT2D eigenvalue weighted by atomic mass is 19.1. The molecule has 102 valence electrons. The Morgan fingerprint density at radius 3 is 2.44 bits per heavy atom. The zero-order valence-electron chi connectivity index (χ0n) is 11.4. The van der Waals surface area contributed by atoms with Gasteiger partial charge in [0.15, 0.2) is 0 Å². The first-order valence-electron chi connectivity index (χ1n) is 6.05. The van der Waals surface area contributed by atoms with Crippen LogP contribution in [0.2, 0.25) is 0 Å². The summed E-state index contributed by atoms with van der Waals surface area (Å²) in [5.41, 5.74) is 6.58. The van der Waals surface area contributed by atoms with Crippen LogP contribution < -0.4 is 10.5 Å². The van der Waals surface area contributed by atoms with Crippen LogP contribution in [0.5, 0.6) is 5.75 Å². The van der Waals surface area contributed by atoms with Crippen molar-refractivity contribution < 1.29 is 14.2 Å². The SMILES string of the molecule is Cc1cc(F)ccc1OC(CO)C(N)C(C)(C)C. The summed E-state index contributed by atoms with van der Waals surface area (Å²) in [4.78, 5) is 0. The zero-order valence-corrected chi connectivity index (χ0v) is 11.4. The largest absolute Gasteiger partial charge is 0.486 e. The van der Waals surface area contributed by atoms with E-state index in [2.05, 4.69) is 0 Å². The molecule has 0 aliphatic rings. The fourth-order valence-electron chi connectivity index (χ4n) is 1.69. The molecular weight excluding hydrogens is 233 g/mol. The summed E-state index contributed by atoms with van der Waals surface area (Å²) in [7, 11) is 0. The molecule has 18 heavy (non-hydrogen) atoms. The van der Waals surface area contributed by atoms with Crippen LogP contribution in [0, 0.1) is 18.2 Å². The number of hydrogen-bond donors (Lipinski definition) is 2. The summed E-state index contributed by atoms with van der Waals surface area (Å²) in [6.45, 7) is 7.55. The van der Waals surface area contributed by atoms with E-state index in [1.54, 1.807) is 13.0 Å². The normalized spacial score (nSPS) is 15.3. The van der Waals surface area contributed by atoms with Crippen LogP contribution in [-0.2, 0) is 0 Å². The summed E-state index contributed by atoms with van der Waals surface area (Å²) >= 11 is 0. The topological polar surface area (TPSA) is 55.5 Å². The van der Waals surface area contributed by atoms with E-state index in [-0.39, 0.29) is 23.9 Å². The third-order valence-corrected chi connectivity index (χ3v) is 3.00. The van der Waals surface area contributed by atoms with Crippen molar-refractivity contribution in [2.45, 2.75) is 39.8 Å². The van der Waals surface area contributed by atoms with Crippen molar-refractivity contribution in [1.82, 2.24) is 0 Å². The van der Waals surface area contributed by atoms with Gasteiger partial charge in [-0.15, -0.1) is 0 Å². The molecule has 0 saturated heterocycles. The van der Waals surface area contributed by atoms with E-state index in [4.69, 9.17) is 10.5 Å². The molecule has 3 N–H and O–H groups in total. The highest BCUT2D eigenvalue weighted by molar-refractivity contribution is 5.32. The lowest BCUT2D eigenvalue weighted by Crippen LogP contribution is -2.49. The van der Waals surface area contributed by atoms with E-state index in [1.165, 1.54) is 12.1 Å². The molecule has 1 aromatic carbocycles. The summed E-state index contributed by atoms with van der Waals surface area (Å²) in [6.07, 6.45) is -0.505. The number of nitrogens with two attached hydrogens (primary N) is 1. The summed E-state index contributed by atoms with van der Waals surface area (Å²) in [5.74, 6) is 0.246. The molecule has 0 radical (unpaired) electrons. The molecule has 4 heteroatoms. The van der Waals surface area contributed by atoms with E-state index in [0.717, 1.165) is 0 Å². The fourth-order valence-corrected chi connectivity index (χ4v) is 1.69.